The van der Waals surface area contributed by atoms with Crippen molar-refractivity contribution in [3.8, 4) is 22.8 Å². The Morgan fingerprint density at radius 1 is 1.08 bits per heavy atom. The van der Waals surface area contributed by atoms with Crippen LogP contribution in [0.1, 0.15) is 17.4 Å². The van der Waals surface area contributed by atoms with Crippen LogP contribution in [0.2, 0.25) is 5.02 Å². The van der Waals surface area contributed by atoms with Crippen molar-refractivity contribution >= 4 is 17.6 Å². The average Bonchev–Trinajstić information content (AvgIpc) is 3.00. The van der Waals surface area contributed by atoms with Gasteiger partial charge >= 0.3 is 5.97 Å². The van der Waals surface area contributed by atoms with Gasteiger partial charge in [-0.2, -0.15) is 5.10 Å². The van der Waals surface area contributed by atoms with E-state index in [-0.39, 0.29) is 5.97 Å². The first-order valence-electron chi connectivity index (χ1n) is 7.82. The van der Waals surface area contributed by atoms with E-state index < -0.39 is 0 Å². The lowest BCUT2D eigenvalue weighted by Gasteiger charge is -2.06. The molecule has 0 spiro atoms. The van der Waals surface area contributed by atoms with Gasteiger partial charge in [0.2, 0.25) is 0 Å². The predicted octanol–water partition coefficient (Wildman–Crippen LogP) is 4.71. The summed E-state index contributed by atoms with van der Waals surface area (Å²) in [7, 11) is 1.72. The molecule has 3 rings (SSSR count). The Labute approximate surface area is 150 Å². The van der Waals surface area contributed by atoms with Crippen LogP contribution in [0.15, 0.2) is 54.6 Å². The number of hydrogen-bond acceptors (Lipinski definition) is 4. The quantitative estimate of drug-likeness (QED) is 0.621. The molecule has 1 heterocycles. The zero-order valence-corrected chi connectivity index (χ0v) is 14.7. The molecule has 0 bridgehead atoms. The van der Waals surface area contributed by atoms with Crippen LogP contribution in [0.5, 0.6) is 11.5 Å². The first-order valence-corrected chi connectivity index (χ1v) is 8.19. The highest BCUT2D eigenvalue weighted by atomic mass is 35.5. The SMILES string of the molecule is CCOC(=O)c1cc(-c2ccc(Oc3ccc(Cl)cc3)cc2)nn1C. The van der Waals surface area contributed by atoms with Crippen molar-refractivity contribution in [3.05, 3.63) is 65.3 Å². The molecular formula is C19H17ClN2O3. The molecule has 0 saturated carbocycles. The Kier molecular flexibility index (Phi) is 5.05. The fourth-order valence-electron chi connectivity index (χ4n) is 2.34. The second-order valence-electron chi connectivity index (χ2n) is 5.34. The summed E-state index contributed by atoms with van der Waals surface area (Å²) in [4.78, 5) is 11.9. The summed E-state index contributed by atoms with van der Waals surface area (Å²) in [5.74, 6) is 1.03. The lowest BCUT2D eigenvalue weighted by Crippen LogP contribution is -2.10. The summed E-state index contributed by atoms with van der Waals surface area (Å²) in [5, 5.41) is 5.03. The number of benzene rings is 2. The second-order valence-corrected chi connectivity index (χ2v) is 5.78. The van der Waals surface area contributed by atoms with Gasteiger partial charge in [-0.05, 0) is 61.5 Å². The van der Waals surface area contributed by atoms with E-state index in [4.69, 9.17) is 21.1 Å². The molecule has 6 heteroatoms. The topological polar surface area (TPSA) is 53.4 Å². The molecule has 0 unspecified atom stereocenters. The van der Waals surface area contributed by atoms with Crippen LogP contribution < -0.4 is 4.74 Å². The van der Waals surface area contributed by atoms with Gasteiger partial charge in [-0.25, -0.2) is 4.79 Å². The Hall–Kier alpha value is -2.79. The minimum Gasteiger partial charge on any atom is -0.461 e. The van der Waals surface area contributed by atoms with Gasteiger partial charge in [0, 0.05) is 17.6 Å². The van der Waals surface area contributed by atoms with E-state index in [1.54, 1.807) is 44.3 Å². The van der Waals surface area contributed by atoms with Crippen molar-refractivity contribution < 1.29 is 14.3 Å². The van der Waals surface area contributed by atoms with Crippen LogP contribution in [0.3, 0.4) is 0 Å². The Balaban J connectivity index is 1.77. The van der Waals surface area contributed by atoms with Crippen LogP contribution in [0, 0.1) is 0 Å². The third-order valence-electron chi connectivity index (χ3n) is 3.56. The summed E-state index contributed by atoms with van der Waals surface area (Å²) in [6.45, 7) is 2.10. The fourth-order valence-corrected chi connectivity index (χ4v) is 2.46. The van der Waals surface area contributed by atoms with Crippen molar-refractivity contribution in [2.45, 2.75) is 6.92 Å². The van der Waals surface area contributed by atoms with Gasteiger partial charge in [0.05, 0.1) is 12.3 Å². The number of carbonyl (C=O) groups is 1. The first kappa shape index (κ1) is 17.0. The summed E-state index contributed by atoms with van der Waals surface area (Å²) >= 11 is 5.86. The molecular weight excluding hydrogens is 340 g/mol. The van der Waals surface area contributed by atoms with Crippen LogP contribution in [0.25, 0.3) is 11.3 Å². The van der Waals surface area contributed by atoms with Gasteiger partial charge in [0.1, 0.15) is 17.2 Å². The van der Waals surface area contributed by atoms with Gasteiger partial charge in [0.25, 0.3) is 0 Å². The summed E-state index contributed by atoms with van der Waals surface area (Å²) in [6.07, 6.45) is 0. The molecule has 5 nitrogen and oxygen atoms in total. The molecule has 0 fully saturated rings. The molecule has 0 aliphatic carbocycles. The van der Waals surface area contributed by atoms with Gasteiger partial charge in [-0.3, -0.25) is 4.68 Å². The first-order chi connectivity index (χ1) is 12.1. The van der Waals surface area contributed by atoms with Gasteiger partial charge < -0.3 is 9.47 Å². The highest BCUT2D eigenvalue weighted by Gasteiger charge is 2.15. The van der Waals surface area contributed by atoms with E-state index >= 15 is 0 Å². The monoisotopic (exact) mass is 356 g/mol. The maximum Gasteiger partial charge on any atom is 0.356 e. The van der Waals surface area contributed by atoms with Gasteiger partial charge in [0.15, 0.2) is 0 Å². The van der Waals surface area contributed by atoms with E-state index in [2.05, 4.69) is 5.10 Å². The number of aryl methyl sites for hydroxylation is 1. The van der Waals surface area contributed by atoms with E-state index in [9.17, 15) is 4.79 Å². The van der Waals surface area contributed by atoms with Crippen molar-refractivity contribution in [2.24, 2.45) is 7.05 Å². The van der Waals surface area contributed by atoms with E-state index in [0.717, 1.165) is 5.56 Å². The Morgan fingerprint density at radius 2 is 1.68 bits per heavy atom. The van der Waals surface area contributed by atoms with E-state index in [1.807, 2.05) is 24.3 Å². The molecule has 0 atom stereocenters. The van der Waals surface area contributed by atoms with Crippen molar-refractivity contribution in [1.82, 2.24) is 9.78 Å². The third kappa shape index (κ3) is 4.00. The largest absolute Gasteiger partial charge is 0.461 e. The Bertz CT molecular complexity index is 871. The standard InChI is InChI=1S/C19H17ClN2O3/c1-3-24-19(23)18-12-17(21-22(18)2)13-4-8-15(9-5-13)25-16-10-6-14(20)7-11-16/h4-12H,3H2,1-2H3. The van der Waals surface area contributed by atoms with Crippen molar-refractivity contribution in [1.29, 1.82) is 0 Å². The molecule has 25 heavy (non-hydrogen) atoms. The van der Waals surface area contributed by atoms with Gasteiger partial charge in [-0.1, -0.05) is 11.6 Å². The zero-order chi connectivity index (χ0) is 17.8. The van der Waals surface area contributed by atoms with Gasteiger partial charge in [-0.15, -0.1) is 0 Å². The molecule has 0 aliphatic heterocycles. The zero-order valence-electron chi connectivity index (χ0n) is 13.9. The maximum absolute atomic E-state index is 11.9. The molecule has 0 amide bonds. The number of carbonyl (C=O) groups excluding carboxylic acids is 1. The fraction of sp³-hybridized carbons (Fsp3) is 0.158. The third-order valence-corrected chi connectivity index (χ3v) is 3.82. The van der Waals surface area contributed by atoms with Crippen molar-refractivity contribution in [3.63, 3.8) is 0 Å². The number of ether oxygens (including phenoxy) is 2. The molecule has 3 aromatic rings. The molecule has 128 valence electrons. The molecule has 0 aliphatic rings. The van der Waals surface area contributed by atoms with Crippen LogP contribution in [-0.4, -0.2) is 22.4 Å². The number of halogens is 1. The molecule has 0 N–H and O–H groups in total. The second kappa shape index (κ2) is 7.40. The number of rotatable bonds is 5. The molecule has 1 aromatic heterocycles. The lowest BCUT2D eigenvalue weighted by molar-refractivity contribution is 0.0513. The Morgan fingerprint density at radius 3 is 2.28 bits per heavy atom. The minimum atomic E-state index is -0.383. The minimum absolute atomic E-state index is 0.329. The highest BCUT2D eigenvalue weighted by Crippen LogP contribution is 2.26. The van der Waals surface area contributed by atoms with E-state index in [0.29, 0.717) is 34.5 Å². The summed E-state index contributed by atoms with van der Waals surface area (Å²) < 4.78 is 12.3. The average molecular weight is 357 g/mol. The lowest BCUT2D eigenvalue weighted by atomic mass is 10.1. The number of aromatic nitrogens is 2. The van der Waals surface area contributed by atoms with E-state index in [1.165, 1.54) is 4.68 Å². The number of hydrogen-bond donors (Lipinski definition) is 0. The normalized spacial score (nSPS) is 10.5. The molecule has 2 aromatic carbocycles. The molecule has 0 radical (unpaired) electrons. The smallest absolute Gasteiger partial charge is 0.356 e. The van der Waals surface area contributed by atoms with Crippen LogP contribution in [0.4, 0.5) is 0 Å². The van der Waals surface area contributed by atoms with Crippen LogP contribution in [-0.2, 0) is 11.8 Å². The maximum atomic E-state index is 11.9. The molecule has 0 saturated heterocycles. The van der Waals surface area contributed by atoms with Crippen molar-refractivity contribution in [2.75, 3.05) is 6.61 Å². The number of nitrogens with zero attached hydrogens (tertiary/aromatic N) is 2. The predicted molar refractivity (Wildman–Crippen MR) is 96.1 cm³/mol. The summed E-state index contributed by atoms with van der Waals surface area (Å²) in [5.41, 5.74) is 2.00. The van der Waals surface area contributed by atoms with Crippen LogP contribution >= 0.6 is 11.6 Å². The highest BCUT2D eigenvalue weighted by molar-refractivity contribution is 6.30. The summed E-state index contributed by atoms with van der Waals surface area (Å²) in [6, 6.07) is 16.4. The number of esters is 1.